The number of aliphatic hydroxyl groups is 2. The van der Waals surface area contributed by atoms with E-state index in [9.17, 15) is 15.0 Å². The summed E-state index contributed by atoms with van der Waals surface area (Å²) < 4.78 is 0. The predicted molar refractivity (Wildman–Crippen MR) is 304 cm³/mol. The van der Waals surface area contributed by atoms with Gasteiger partial charge in [0.25, 0.3) is 0 Å². The standard InChI is InChI=1S/C64H123NO3/c1-3-5-7-9-11-13-15-17-19-21-23-25-27-29-31-32-34-36-38-40-42-44-46-48-50-52-54-56-58-60-64(68)65-62(61-66)63(67)59-57-55-53-51-49-47-45-43-41-39-37-35-33-30-28-26-24-22-20-18-16-14-12-10-8-6-4-2/h15,17,21,23,57,59,62-63,66-67H,3-14,16,18-20,22,24-56,58,60-61H2,1-2H3,(H,65,68)/b17-15-,23-21-,59-57+. The summed E-state index contributed by atoms with van der Waals surface area (Å²) in [6.07, 6.45) is 81.9. The molecule has 0 aliphatic heterocycles. The monoisotopic (exact) mass is 954 g/mol. The molecule has 4 heteroatoms. The van der Waals surface area contributed by atoms with Gasteiger partial charge < -0.3 is 15.5 Å². The molecular formula is C64H123NO3. The second kappa shape index (κ2) is 59.9. The van der Waals surface area contributed by atoms with Crippen molar-refractivity contribution in [3.63, 3.8) is 0 Å². The van der Waals surface area contributed by atoms with Crippen LogP contribution >= 0.6 is 0 Å². The highest BCUT2D eigenvalue weighted by molar-refractivity contribution is 5.76. The van der Waals surface area contributed by atoms with E-state index in [1.54, 1.807) is 6.08 Å². The van der Waals surface area contributed by atoms with E-state index in [1.165, 1.54) is 295 Å². The summed E-state index contributed by atoms with van der Waals surface area (Å²) in [5.74, 6) is -0.0578. The van der Waals surface area contributed by atoms with Gasteiger partial charge in [-0.25, -0.2) is 0 Å². The number of hydrogen-bond donors (Lipinski definition) is 3. The van der Waals surface area contributed by atoms with Crippen LogP contribution in [0.3, 0.4) is 0 Å². The minimum absolute atomic E-state index is 0.0578. The summed E-state index contributed by atoms with van der Waals surface area (Å²) in [7, 11) is 0. The Hall–Kier alpha value is -1.39. The highest BCUT2D eigenvalue weighted by atomic mass is 16.3. The SMILES string of the molecule is CCCCCCC/C=C\C/C=C\CCCCCCCCCCCCCCCCCCCC(=O)NC(CO)C(O)/C=C/CCCCCCCCCCCCCCCCCCCCCCCCCCC. The Morgan fingerprint density at radius 2 is 0.603 bits per heavy atom. The van der Waals surface area contributed by atoms with Gasteiger partial charge in [-0.1, -0.05) is 326 Å². The van der Waals surface area contributed by atoms with Crippen molar-refractivity contribution in [2.45, 2.75) is 360 Å². The van der Waals surface area contributed by atoms with E-state index < -0.39 is 12.1 Å². The fourth-order valence-electron chi connectivity index (χ4n) is 9.86. The lowest BCUT2D eigenvalue weighted by Crippen LogP contribution is -2.45. The van der Waals surface area contributed by atoms with Crippen LogP contribution in [0.4, 0.5) is 0 Å². The van der Waals surface area contributed by atoms with Crippen LogP contribution in [0.2, 0.25) is 0 Å². The summed E-state index contributed by atoms with van der Waals surface area (Å²) in [5, 5.41) is 23.2. The average molecular weight is 955 g/mol. The zero-order chi connectivity index (χ0) is 49.2. The van der Waals surface area contributed by atoms with Crippen LogP contribution in [-0.4, -0.2) is 34.9 Å². The maximum atomic E-state index is 12.5. The summed E-state index contributed by atoms with van der Waals surface area (Å²) in [6, 6.07) is -0.622. The quantitative estimate of drug-likeness (QED) is 0.0420. The first-order valence-electron chi connectivity index (χ1n) is 31.2. The molecule has 0 aromatic carbocycles. The summed E-state index contributed by atoms with van der Waals surface area (Å²) in [6.45, 7) is 4.34. The Labute approximate surface area is 427 Å². The minimum atomic E-state index is -0.839. The molecule has 0 spiro atoms. The first kappa shape index (κ1) is 66.6. The lowest BCUT2D eigenvalue weighted by Gasteiger charge is -2.20. The molecule has 2 unspecified atom stereocenters. The van der Waals surface area contributed by atoms with E-state index in [1.807, 2.05) is 6.08 Å². The number of hydrogen-bond acceptors (Lipinski definition) is 3. The fourth-order valence-corrected chi connectivity index (χ4v) is 9.86. The third kappa shape index (κ3) is 55.5. The van der Waals surface area contributed by atoms with Gasteiger partial charge in [0.1, 0.15) is 0 Å². The molecule has 0 heterocycles. The predicted octanol–water partition coefficient (Wildman–Crippen LogP) is 20.8. The molecule has 0 bridgehead atoms. The maximum absolute atomic E-state index is 12.5. The molecule has 0 aromatic heterocycles. The van der Waals surface area contributed by atoms with Crippen LogP contribution in [0.1, 0.15) is 348 Å². The van der Waals surface area contributed by atoms with Gasteiger partial charge in [-0.2, -0.15) is 0 Å². The molecule has 0 aliphatic rings. The van der Waals surface area contributed by atoms with E-state index >= 15 is 0 Å². The summed E-state index contributed by atoms with van der Waals surface area (Å²) >= 11 is 0. The number of unbranched alkanes of at least 4 members (excludes halogenated alkanes) is 47. The molecule has 0 rings (SSSR count). The Bertz CT molecular complexity index is 1040. The molecule has 0 fully saturated rings. The Morgan fingerprint density at radius 1 is 0.353 bits per heavy atom. The lowest BCUT2D eigenvalue weighted by atomic mass is 10.0. The molecular weight excluding hydrogens is 831 g/mol. The van der Waals surface area contributed by atoms with E-state index in [4.69, 9.17) is 0 Å². The summed E-state index contributed by atoms with van der Waals surface area (Å²) in [5.41, 5.74) is 0. The van der Waals surface area contributed by atoms with Gasteiger partial charge >= 0.3 is 0 Å². The fraction of sp³-hybridized carbons (Fsp3) is 0.891. The zero-order valence-electron chi connectivity index (χ0n) is 46.4. The molecule has 0 saturated carbocycles. The van der Waals surface area contributed by atoms with Crippen molar-refractivity contribution in [3.8, 4) is 0 Å². The van der Waals surface area contributed by atoms with Crippen molar-refractivity contribution in [2.24, 2.45) is 0 Å². The number of rotatable bonds is 58. The van der Waals surface area contributed by atoms with Gasteiger partial charge in [0.05, 0.1) is 18.8 Å². The number of aliphatic hydroxyl groups excluding tert-OH is 2. The number of nitrogens with one attached hydrogen (secondary N) is 1. The van der Waals surface area contributed by atoms with Crippen LogP contribution in [0.15, 0.2) is 36.5 Å². The van der Waals surface area contributed by atoms with Crippen LogP contribution in [-0.2, 0) is 4.79 Å². The third-order valence-electron chi connectivity index (χ3n) is 14.6. The van der Waals surface area contributed by atoms with E-state index in [-0.39, 0.29) is 12.5 Å². The van der Waals surface area contributed by atoms with Gasteiger partial charge in [0.2, 0.25) is 5.91 Å². The van der Waals surface area contributed by atoms with Crippen molar-refractivity contribution in [1.29, 1.82) is 0 Å². The Morgan fingerprint density at radius 3 is 0.882 bits per heavy atom. The van der Waals surface area contributed by atoms with Gasteiger partial charge in [0, 0.05) is 6.42 Å². The van der Waals surface area contributed by atoms with Gasteiger partial charge in [0.15, 0.2) is 0 Å². The van der Waals surface area contributed by atoms with Crippen molar-refractivity contribution in [2.75, 3.05) is 6.61 Å². The third-order valence-corrected chi connectivity index (χ3v) is 14.6. The van der Waals surface area contributed by atoms with Gasteiger partial charge in [-0.15, -0.1) is 0 Å². The van der Waals surface area contributed by atoms with Crippen LogP contribution in [0.5, 0.6) is 0 Å². The van der Waals surface area contributed by atoms with Crippen molar-refractivity contribution < 1.29 is 15.0 Å². The van der Waals surface area contributed by atoms with E-state index in [2.05, 4.69) is 43.5 Å². The molecule has 0 aromatic rings. The topological polar surface area (TPSA) is 69.6 Å². The molecule has 402 valence electrons. The number of amides is 1. The van der Waals surface area contributed by atoms with Crippen LogP contribution < -0.4 is 5.32 Å². The first-order valence-corrected chi connectivity index (χ1v) is 31.2. The molecule has 0 radical (unpaired) electrons. The van der Waals surface area contributed by atoms with Crippen LogP contribution in [0, 0.1) is 0 Å². The number of allylic oxidation sites excluding steroid dienone is 5. The van der Waals surface area contributed by atoms with Crippen molar-refractivity contribution in [3.05, 3.63) is 36.5 Å². The zero-order valence-corrected chi connectivity index (χ0v) is 46.4. The van der Waals surface area contributed by atoms with Gasteiger partial charge in [-0.05, 0) is 51.4 Å². The lowest BCUT2D eigenvalue weighted by molar-refractivity contribution is -0.123. The normalized spacial score (nSPS) is 12.9. The molecule has 3 N–H and O–H groups in total. The average Bonchev–Trinajstić information content (AvgIpc) is 3.34. The molecule has 2 atom stereocenters. The minimum Gasteiger partial charge on any atom is -0.394 e. The van der Waals surface area contributed by atoms with Crippen LogP contribution in [0.25, 0.3) is 0 Å². The molecule has 1 amide bonds. The van der Waals surface area contributed by atoms with E-state index in [0.29, 0.717) is 6.42 Å². The smallest absolute Gasteiger partial charge is 0.220 e. The highest BCUT2D eigenvalue weighted by Crippen LogP contribution is 2.18. The number of carbonyl (C=O) groups excluding carboxylic acids is 1. The maximum Gasteiger partial charge on any atom is 0.220 e. The first-order chi connectivity index (χ1) is 33.7. The van der Waals surface area contributed by atoms with Crippen molar-refractivity contribution >= 4 is 5.91 Å². The molecule has 0 saturated heterocycles. The molecule has 0 aliphatic carbocycles. The largest absolute Gasteiger partial charge is 0.394 e. The summed E-state index contributed by atoms with van der Waals surface area (Å²) in [4.78, 5) is 12.5. The van der Waals surface area contributed by atoms with Gasteiger partial charge in [-0.3, -0.25) is 4.79 Å². The molecule has 68 heavy (non-hydrogen) atoms. The van der Waals surface area contributed by atoms with E-state index in [0.717, 1.165) is 32.1 Å². The Kier molecular flexibility index (Phi) is 58.7. The second-order valence-electron chi connectivity index (χ2n) is 21.5. The highest BCUT2D eigenvalue weighted by Gasteiger charge is 2.18. The number of carbonyl (C=O) groups is 1. The Balaban J connectivity index is 3.45. The second-order valence-corrected chi connectivity index (χ2v) is 21.5. The molecule has 4 nitrogen and oxygen atoms in total. The van der Waals surface area contributed by atoms with Crippen molar-refractivity contribution in [1.82, 2.24) is 5.32 Å².